The minimum atomic E-state index is -0.316. The second-order valence-electron chi connectivity index (χ2n) is 8.80. The standard InChI is InChI=1S/C23H28N4O3/c1-30-21-7-3-2-5-18(21)11-25-14-23(15-25)16-26(12-19-9-20(28)13-27(19)23)22(29)17-6-4-8-24-10-17/h2-8,10,19-20,28H,9,11-16H2,1H3/t19-,20-/m1/s1. The maximum atomic E-state index is 13.1. The number of carbonyl (C=O) groups excluding carboxylic acids is 1. The van der Waals surface area contributed by atoms with Crippen LogP contribution in [0.1, 0.15) is 22.3 Å². The van der Waals surface area contributed by atoms with Crippen LogP contribution >= 0.6 is 0 Å². The zero-order chi connectivity index (χ0) is 20.7. The Kier molecular flexibility index (Phi) is 4.97. The molecule has 3 aliphatic rings. The number of likely N-dealkylation sites (tertiary alicyclic amines) is 1. The smallest absolute Gasteiger partial charge is 0.255 e. The lowest BCUT2D eigenvalue weighted by Gasteiger charge is -2.61. The molecule has 7 nitrogen and oxygen atoms in total. The molecule has 3 aliphatic heterocycles. The summed E-state index contributed by atoms with van der Waals surface area (Å²) in [7, 11) is 1.70. The summed E-state index contributed by atoms with van der Waals surface area (Å²) in [4.78, 5) is 24.1. The number of aliphatic hydroxyl groups excluding tert-OH is 1. The lowest BCUT2D eigenvalue weighted by atomic mass is 9.83. The number of aliphatic hydroxyl groups is 1. The van der Waals surface area contributed by atoms with Gasteiger partial charge in [0.05, 0.1) is 24.3 Å². The topological polar surface area (TPSA) is 69.1 Å². The Hall–Kier alpha value is -2.48. The lowest BCUT2D eigenvalue weighted by molar-refractivity contribution is -0.108. The molecule has 4 heterocycles. The van der Waals surface area contributed by atoms with Gasteiger partial charge in [0.25, 0.3) is 5.91 Å². The molecule has 7 heteroatoms. The normalized spacial score (nSPS) is 25.7. The fraction of sp³-hybridized carbons (Fsp3) is 0.478. The number of carbonyl (C=O) groups is 1. The van der Waals surface area contributed by atoms with E-state index in [0.29, 0.717) is 25.2 Å². The monoisotopic (exact) mass is 408 g/mol. The van der Waals surface area contributed by atoms with Crippen molar-refractivity contribution in [1.82, 2.24) is 19.7 Å². The van der Waals surface area contributed by atoms with Crippen molar-refractivity contribution in [2.24, 2.45) is 0 Å². The van der Waals surface area contributed by atoms with Crippen LogP contribution in [0.4, 0.5) is 0 Å². The number of piperazine rings is 1. The van der Waals surface area contributed by atoms with Crippen molar-refractivity contribution < 1.29 is 14.6 Å². The number of methoxy groups -OCH3 is 1. The van der Waals surface area contributed by atoms with Crippen LogP contribution in [0.15, 0.2) is 48.8 Å². The molecule has 2 atom stereocenters. The van der Waals surface area contributed by atoms with Crippen LogP contribution in [0.25, 0.3) is 0 Å². The Morgan fingerprint density at radius 1 is 1.20 bits per heavy atom. The molecule has 0 aliphatic carbocycles. The van der Waals surface area contributed by atoms with Crippen LogP contribution < -0.4 is 4.74 Å². The van der Waals surface area contributed by atoms with Gasteiger partial charge in [-0.05, 0) is 24.6 Å². The number of β-amino-alcohol motifs (C(OH)–C–C–N with tert-alkyl or cyclic N) is 1. The van der Waals surface area contributed by atoms with E-state index in [9.17, 15) is 9.90 Å². The minimum absolute atomic E-state index is 0.0340. The zero-order valence-electron chi connectivity index (χ0n) is 17.3. The van der Waals surface area contributed by atoms with Gasteiger partial charge in [-0.25, -0.2) is 0 Å². The highest BCUT2D eigenvalue weighted by Crippen LogP contribution is 2.40. The first-order chi connectivity index (χ1) is 14.6. The number of nitrogens with zero attached hydrogens (tertiary/aromatic N) is 4. The Morgan fingerprint density at radius 3 is 2.80 bits per heavy atom. The Morgan fingerprint density at radius 2 is 2.03 bits per heavy atom. The number of ether oxygens (including phenoxy) is 1. The van der Waals surface area contributed by atoms with Crippen LogP contribution in [-0.2, 0) is 6.54 Å². The highest BCUT2D eigenvalue weighted by molar-refractivity contribution is 5.94. The second kappa shape index (κ2) is 7.65. The van der Waals surface area contributed by atoms with E-state index in [-0.39, 0.29) is 23.6 Å². The van der Waals surface area contributed by atoms with Gasteiger partial charge in [-0.3, -0.25) is 19.6 Å². The number of hydrogen-bond donors (Lipinski definition) is 1. The fourth-order valence-corrected chi connectivity index (χ4v) is 5.49. The predicted octanol–water partition coefficient (Wildman–Crippen LogP) is 1.24. The number of amides is 1. The molecule has 1 N–H and O–H groups in total. The summed E-state index contributed by atoms with van der Waals surface area (Å²) < 4.78 is 5.50. The first kappa shape index (κ1) is 19.5. The van der Waals surface area contributed by atoms with Gasteiger partial charge in [0.1, 0.15) is 5.75 Å². The van der Waals surface area contributed by atoms with Crippen LogP contribution in [-0.4, -0.2) is 88.2 Å². The van der Waals surface area contributed by atoms with Crippen molar-refractivity contribution in [3.8, 4) is 5.75 Å². The zero-order valence-corrected chi connectivity index (χ0v) is 17.3. The van der Waals surface area contributed by atoms with Gasteiger partial charge >= 0.3 is 0 Å². The van der Waals surface area contributed by atoms with E-state index >= 15 is 0 Å². The molecule has 0 radical (unpaired) electrons. The van der Waals surface area contributed by atoms with Gasteiger partial charge in [-0.1, -0.05) is 18.2 Å². The summed E-state index contributed by atoms with van der Waals surface area (Å²) in [6.07, 6.45) is 3.74. The molecule has 0 unspecified atom stereocenters. The Bertz CT molecular complexity index is 916. The summed E-state index contributed by atoms with van der Waals surface area (Å²) in [5, 5.41) is 10.3. The van der Waals surface area contributed by atoms with Crippen LogP contribution in [0.3, 0.4) is 0 Å². The van der Waals surface area contributed by atoms with E-state index < -0.39 is 0 Å². The molecule has 30 heavy (non-hydrogen) atoms. The summed E-state index contributed by atoms with van der Waals surface area (Å²) in [5.74, 6) is 0.941. The van der Waals surface area contributed by atoms with Gasteiger partial charge in [0.15, 0.2) is 0 Å². The van der Waals surface area contributed by atoms with Crippen LogP contribution in [0.5, 0.6) is 5.75 Å². The molecule has 0 saturated carbocycles. The number of benzene rings is 1. The number of fused-ring (bicyclic) bond motifs is 2. The summed E-state index contributed by atoms with van der Waals surface area (Å²) in [6, 6.07) is 12.0. The number of rotatable bonds is 4. The molecular formula is C23H28N4O3. The van der Waals surface area contributed by atoms with Crippen molar-refractivity contribution in [3.63, 3.8) is 0 Å². The van der Waals surface area contributed by atoms with E-state index in [1.165, 1.54) is 5.56 Å². The SMILES string of the molecule is COc1ccccc1CN1CC2(C1)CN(C(=O)c1cccnc1)C[C@H]1C[C@@H](O)CN12. The highest BCUT2D eigenvalue weighted by Gasteiger charge is 2.56. The number of hydrogen-bond acceptors (Lipinski definition) is 6. The van der Waals surface area contributed by atoms with E-state index in [4.69, 9.17) is 4.74 Å². The minimum Gasteiger partial charge on any atom is -0.496 e. The predicted molar refractivity (Wildman–Crippen MR) is 112 cm³/mol. The van der Waals surface area contributed by atoms with Gasteiger partial charge in [0, 0.05) is 63.3 Å². The number of pyridine rings is 1. The van der Waals surface area contributed by atoms with Crippen molar-refractivity contribution in [3.05, 3.63) is 59.9 Å². The van der Waals surface area contributed by atoms with Gasteiger partial charge < -0.3 is 14.7 Å². The Labute approximate surface area is 176 Å². The second-order valence-corrected chi connectivity index (χ2v) is 8.80. The molecule has 1 amide bonds. The summed E-state index contributed by atoms with van der Waals surface area (Å²) in [6.45, 7) is 4.63. The lowest BCUT2D eigenvalue weighted by Crippen LogP contribution is -2.78. The van der Waals surface area contributed by atoms with Crippen molar-refractivity contribution in [2.45, 2.75) is 30.7 Å². The molecule has 1 spiro atoms. The molecule has 3 saturated heterocycles. The average molecular weight is 409 g/mol. The summed E-state index contributed by atoms with van der Waals surface area (Å²) >= 11 is 0. The largest absolute Gasteiger partial charge is 0.496 e. The molecule has 0 bridgehead atoms. The average Bonchev–Trinajstić information content (AvgIpc) is 3.13. The molecule has 1 aromatic carbocycles. The van der Waals surface area contributed by atoms with E-state index in [0.717, 1.165) is 31.8 Å². The molecule has 2 aromatic rings. The van der Waals surface area contributed by atoms with Crippen LogP contribution in [0.2, 0.25) is 0 Å². The fourth-order valence-electron chi connectivity index (χ4n) is 5.49. The Balaban J connectivity index is 1.34. The molecule has 5 rings (SSSR count). The molecule has 1 aromatic heterocycles. The first-order valence-corrected chi connectivity index (χ1v) is 10.6. The third-order valence-electron chi connectivity index (χ3n) is 6.74. The number of aromatic nitrogens is 1. The summed E-state index contributed by atoms with van der Waals surface area (Å²) in [5.41, 5.74) is 1.71. The van der Waals surface area contributed by atoms with Crippen molar-refractivity contribution in [1.29, 1.82) is 0 Å². The van der Waals surface area contributed by atoms with E-state index in [1.54, 1.807) is 25.6 Å². The van der Waals surface area contributed by atoms with Crippen molar-refractivity contribution in [2.75, 3.05) is 39.8 Å². The third kappa shape index (κ3) is 3.37. The molecule has 3 fully saturated rings. The van der Waals surface area contributed by atoms with Crippen molar-refractivity contribution >= 4 is 5.91 Å². The van der Waals surface area contributed by atoms with E-state index in [1.807, 2.05) is 29.2 Å². The molecule has 158 valence electrons. The first-order valence-electron chi connectivity index (χ1n) is 10.6. The van der Waals surface area contributed by atoms with Crippen LogP contribution in [0, 0.1) is 0 Å². The third-order valence-corrected chi connectivity index (χ3v) is 6.74. The van der Waals surface area contributed by atoms with E-state index in [2.05, 4.69) is 20.9 Å². The van der Waals surface area contributed by atoms with Gasteiger partial charge in [-0.15, -0.1) is 0 Å². The number of para-hydroxylation sites is 1. The maximum absolute atomic E-state index is 13.1. The highest BCUT2D eigenvalue weighted by atomic mass is 16.5. The quantitative estimate of drug-likeness (QED) is 0.821. The molecular weight excluding hydrogens is 380 g/mol. The maximum Gasteiger partial charge on any atom is 0.255 e. The van der Waals surface area contributed by atoms with Gasteiger partial charge in [0.2, 0.25) is 0 Å². The van der Waals surface area contributed by atoms with Gasteiger partial charge in [-0.2, -0.15) is 0 Å².